The molecular formula is C16H31NO. The van der Waals surface area contributed by atoms with Crippen molar-refractivity contribution in [3.8, 4) is 0 Å². The van der Waals surface area contributed by atoms with Crippen molar-refractivity contribution >= 4 is 0 Å². The molecular weight excluding hydrogens is 222 g/mol. The molecule has 0 aromatic carbocycles. The summed E-state index contributed by atoms with van der Waals surface area (Å²) in [4.78, 5) is 0. The lowest BCUT2D eigenvalue weighted by atomic mass is 9.82. The minimum atomic E-state index is 0.296. The Morgan fingerprint density at radius 2 is 1.89 bits per heavy atom. The van der Waals surface area contributed by atoms with Gasteiger partial charge in [-0.15, -0.1) is 0 Å². The summed E-state index contributed by atoms with van der Waals surface area (Å²) < 4.78 is 6.49. The van der Waals surface area contributed by atoms with Crippen LogP contribution in [0.2, 0.25) is 0 Å². The molecule has 2 aliphatic rings. The van der Waals surface area contributed by atoms with E-state index in [1.807, 2.05) is 0 Å². The molecule has 106 valence electrons. The summed E-state index contributed by atoms with van der Waals surface area (Å²) in [5, 5.41) is 3.34. The number of rotatable bonds is 5. The minimum Gasteiger partial charge on any atom is -0.372 e. The third kappa shape index (κ3) is 3.48. The molecule has 1 saturated carbocycles. The average Bonchev–Trinajstić information content (AvgIpc) is 2.72. The Kier molecular flexibility index (Phi) is 5.08. The summed E-state index contributed by atoms with van der Waals surface area (Å²) in [5.41, 5.74) is 0.296. The molecule has 1 spiro atoms. The molecule has 2 atom stereocenters. The molecule has 18 heavy (non-hydrogen) atoms. The van der Waals surface area contributed by atoms with Crippen LogP contribution in [0.4, 0.5) is 0 Å². The van der Waals surface area contributed by atoms with E-state index in [9.17, 15) is 0 Å². The van der Waals surface area contributed by atoms with Gasteiger partial charge >= 0.3 is 0 Å². The van der Waals surface area contributed by atoms with Crippen LogP contribution in [0.5, 0.6) is 0 Å². The van der Waals surface area contributed by atoms with Gasteiger partial charge in [0.25, 0.3) is 0 Å². The Hall–Kier alpha value is -0.0800. The lowest BCUT2D eigenvalue weighted by molar-refractivity contribution is -0.0712. The molecule has 1 aliphatic carbocycles. The molecule has 1 heterocycles. The van der Waals surface area contributed by atoms with E-state index >= 15 is 0 Å². The summed E-state index contributed by atoms with van der Waals surface area (Å²) in [6, 6.07) is 0. The van der Waals surface area contributed by atoms with Crippen molar-refractivity contribution in [3.63, 3.8) is 0 Å². The van der Waals surface area contributed by atoms with Gasteiger partial charge in [0.05, 0.1) is 11.7 Å². The van der Waals surface area contributed by atoms with Crippen LogP contribution >= 0.6 is 0 Å². The van der Waals surface area contributed by atoms with Crippen molar-refractivity contribution in [1.82, 2.24) is 5.32 Å². The number of hydrogen-bond donors (Lipinski definition) is 1. The SMILES string of the molecule is CNCC(CC1CCC2(CCCCC2)O1)C(C)C. The summed E-state index contributed by atoms with van der Waals surface area (Å²) in [7, 11) is 2.06. The van der Waals surface area contributed by atoms with E-state index in [1.165, 1.54) is 51.4 Å². The normalized spacial score (nSPS) is 29.0. The molecule has 0 bridgehead atoms. The Balaban J connectivity index is 1.84. The zero-order chi connectivity index (χ0) is 13.0. The van der Waals surface area contributed by atoms with Crippen LogP contribution in [-0.4, -0.2) is 25.3 Å². The third-order valence-corrected chi connectivity index (χ3v) is 5.08. The van der Waals surface area contributed by atoms with E-state index < -0.39 is 0 Å². The topological polar surface area (TPSA) is 21.3 Å². The van der Waals surface area contributed by atoms with Crippen molar-refractivity contribution in [2.75, 3.05) is 13.6 Å². The van der Waals surface area contributed by atoms with Crippen molar-refractivity contribution < 1.29 is 4.74 Å². The fourth-order valence-electron chi connectivity index (χ4n) is 3.82. The predicted octanol–water partition coefficient (Wildman–Crippen LogP) is 3.75. The lowest BCUT2D eigenvalue weighted by Gasteiger charge is -2.34. The van der Waals surface area contributed by atoms with Crippen LogP contribution in [-0.2, 0) is 4.74 Å². The van der Waals surface area contributed by atoms with E-state index in [0.717, 1.165) is 18.4 Å². The molecule has 0 radical (unpaired) electrons. The lowest BCUT2D eigenvalue weighted by Crippen LogP contribution is -2.33. The molecule has 2 rings (SSSR count). The molecule has 2 unspecified atom stereocenters. The van der Waals surface area contributed by atoms with Gasteiger partial charge in [-0.3, -0.25) is 0 Å². The third-order valence-electron chi connectivity index (χ3n) is 5.08. The molecule has 0 aromatic rings. The standard InChI is InChI=1S/C16H31NO/c1-13(2)14(12-17-3)11-15-7-10-16(18-15)8-5-4-6-9-16/h13-15,17H,4-12H2,1-3H3. The monoisotopic (exact) mass is 253 g/mol. The second-order valence-electron chi connectivity index (χ2n) is 6.82. The van der Waals surface area contributed by atoms with Crippen LogP contribution in [0, 0.1) is 11.8 Å². The summed E-state index contributed by atoms with van der Waals surface area (Å²) in [6.07, 6.45) is 11.2. The Morgan fingerprint density at radius 3 is 2.50 bits per heavy atom. The predicted molar refractivity (Wildman–Crippen MR) is 76.8 cm³/mol. The Labute approximate surface area is 113 Å². The second kappa shape index (κ2) is 6.38. The van der Waals surface area contributed by atoms with Gasteiger partial charge < -0.3 is 10.1 Å². The number of hydrogen-bond acceptors (Lipinski definition) is 2. The van der Waals surface area contributed by atoms with E-state index in [4.69, 9.17) is 4.74 Å². The van der Waals surface area contributed by atoms with E-state index in [0.29, 0.717) is 11.7 Å². The van der Waals surface area contributed by atoms with Crippen molar-refractivity contribution in [2.24, 2.45) is 11.8 Å². The maximum Gasteiger partial charge on any atom is 0.0687 e. The number of nitrogens with one attached hydrogen (secondary N) is 1. The van der Waals surface area contributed by atoms with Crippen molar-refractivity contribution in [1.29, 1.82) is 0 Å². The maximum atomic E-state index is 6.49. The van der Waals surface area contributed by atoms with Crippen LogP contribution in [0.3, 0.4) is 0 Å². The Morgan fingerprint density at radius 1 is 1.17 bits per heavy atom. The molecule has 1 N–H and O–H groups in total. The van der Waals surface area contributed by atoms with Crippen LogP contribution in [0.15, 0.2) is 0 Å². The zero-order valence-corrected chi connectivity index (χ0v) is 12.5. The second-order valence-corrected chi connectivity index (χ2v) is 6.82. The highest BCUT2D eigenvalue weighted by Crippen LogP contribution is 2.43. The van der Waals surface area contributed by atoms with Gasteiger partial charge in [-0.2, -0.15) is 0 Å². The van der Waals surface area contributed by atoms with Gasteiger partial charge in [0, 0.05) is 0 Å². The summed E-state index contributed by atoms with van der Waals surface area (Å²) in [6.45, 7) is 5.81. The molecule has 2 heteroatoms. The largest absolute Gasteiger partial charge is 0.372 e. The highest BCUT2D eigenvalue weighted by molar-refractivity contribution is 4.92. The quantitative estimate of drug-likeness (QED) is 0.805. The van der Waals surface area contributed by atoms with Crippen LogP contribution in [0.25, 0.3) is 0 Å². The van der Waals surface area contributed by atoms with Crippen LogP contribution < -0.4 is 5.32 Å². The number of ether oxygens (including phenoxy) is 1. The zero-order valence-electron chi connectivity index (χ0n) is 12.5. The van der Waals surface area contributed by atoms with Crippen molar-refractivity contribution in [3.05, 3.63) is 0 Å². The van der Waals surface area contributed by atoms with E-state index in [2.05, 4.69) is 26.2 Å². The van der Waals surface area contributed by atoms with Gasteiger partial charge in [-0.1, -0.05) is 33.1 Å². The Bertz CT molecular complexity index is 245. The van der Waals surface area contributed by atoms with Crippen LogP contribution in [0.1, 0.15) is 65.2 Å². The fourth-order valence-corrected chi connectivity index (χ4v) is 3.82. The molecule has 2 fully saturated rings. The molecule has 1 aliphatic heterocycles. The van der Waals surface area contributed by atoms with Gasteiger partial charge in [-0.05, 0) is 57.5 Å². The van der Waals surface area contributed by atoms with Crippen molar-refractivity contribution in [2.45, 2.75) is 76.9 Å². The first kappa shape index (κ1) is 14.3. The molecule has 0 amide bonds. The first-order valence-corrected chi connectivity index (χ1v) is 7.98. The highest BCUT2D eigenvalue weighted by atomic mass is 16.5. The average molecular weight is 253 g/mol. The minimum absolute atomic E-state index is 0.296. The smallest absolute Gasteiger partial charge is 0.0687 e. The van der Waals surface area contributed by atoms with Gasteiger partial charge in [0.1, 0.15) is 0 Å². The van der Waals surface area contributed by atoms with E-state index in [-0.39, 0.29) is 0 Å². The molecule has 0 aromatic heterocycles. The van der Waals surface area contributed by atoms with Gasteiger partial charge in [0.2, 0.25) is 0 Å². The van der Waals surface area contributed by atoms with Gasteiger partial charge in [0.15, 0.2) is 0 Å². The maximum absolute atomic E-state index is 6.49. The summed E-state index contributed by atoms with van der Waals surface area (Å²) in [5.74, 6) is 1.52. The first-order chi connectivity index (χ1) is 8.65. The molecule has 2 nitrogen and oxygen atoms in total. The van der Waals surface area contributed by atoms with Gasteiger partial charge in [-0.25, -0.2) is 0 Å². The first-order valence-electron chi connectivity index (χ1n) is 7.98. The highest BCUT2D eigenvalue weighted by Gasteiger charge is 2.41. The van der Waals surface area contributed by atoms with E-state index in [1.54, 1.807) is 0 Å². The molecule has 1 saturated heterocycles. The fraction of sp³-hybridized carbons (Fsp3) is 1.00. The summed E-state index contributed by atoms with van der Waals surface area (Å²) >= 11 is 0.